The topological polar surface area (TPSA) is 20.2 Å². The molecule has 2 heteroatoms. The van der Waals surface area contributed by atoms with Crippen molar-refractivity contribution < 1.29 is 5.11 Å². The molecular formula is C29H37OP. The van der Waals surface area contributed by atoms with Crippen LogP contribution in [0, 0.1) is 0 Å². The van der Waals surface area contributed by atoms with E-state index in [0.29, 0.717) is 0 Å². The van der Waals surface area contributed by atoms with Gasteiger partial charge in [0.05, 0.1) is 6.10 Å². The molecule has 1 N–H and O–H groups in total. The van der Waals surface area contributed by atoms with Crippen molar-refractivity contribution in [1.29, 1.82) is 0 Å². The Bertz CT molecular complexity index is 844. The number of hydrogen-bond donors (Lipinski definition) is 1. The van der Waals surface area contributed by atoms with Crippen molar-refractivity contribution in [3.63, 3.8) is 0 Å². The second-order valence-electron chi connectivity index (χ2n) is 8.39. The van der Waals surface area contributed by atoms with Crippen molar-refractivity contribution in [2.45, 2.75) is 64.9 Å². The van der Waals surface area contributed by atoms with Crippen LogP contribution in [0.4, 0.5) is 0 Å². The largest absolute Gasteiger partial charge is 0.389 e. The van der Waals surface area contributed by atoms with E-state index in [-0.39, 0.29) is 0 Å². The Labute approximate surface area is 189 Å². The van der Waals surface area contributed by atoms with E-state index in [0.717, 1.165) is 12.8 Å². The van der Waals surface area contributed by atoms with Gasteiger partial charge in [-0.2, -0.15) is 0 Å². The van der Waals surface area contributed by atoms with Crippen LogP contribution in [-0.4, -0.2) is 16.5 Å². The molecule has 0 aliphatic heterocycles. The molecule has 1 nitrogen and oxygen atoms in total. The van der Waals surface area contributed by atoms with Crippen LogP contribution in [0.1, 0.15) is 58.8 Å². The van der Waals surface area contributed by atoms with Crippen LogP contribution >= 0.6 is 6.89 Å². The van der Waals surface area contributed by atoms with Crippen LogP contribution in [0.15, 0.2) is 91.0 Å². The summed E-state index contributed by atoms with van der Waals surface area (Å²) in [5, 5.41) is 16.6. The molecule has 3 aromatic rings. The Kier molecular flexibility index (Phi) is 9.19. The molecule has 0 fully saturated rings. The van der Waals surface area contributed by atoms with Crippen LogP contribution in [0.5, 0.6) is 0 Å². The van der Waals surface area contributed by atoms with Crippen LogP contribution in [0.2, 0.25) is 0 Å². The molecule has 0 bridgehead atoms. The predicted octanol–water partition coefficient (Wildman–Crippen LogP) is 6.28. The van der Waals surface area contributed by atoms with E-state index in [4.69, 9.17) is 0 Å². The Balaban J connectivity index is 2.09. The van der Waals surface area contributed by atoms with Crippen molar-refractivity contribution in [3.05, 3.63) is 91.0 Å². The van der Waals surface area contributed by atoms with Crippen LogP contribution < -0.4 is 15.9 Å². The number of hydrogen-bond acceptors (Lipinski definition) is 1. The summed E-state index contributed by atoms with van der Waals surface area (Å²) in [4.78, 5) is 0. The molecule has 0 saturated carbocycles. The first-order valence-electron chi connectivity index (χ1n) is 11.8. The lowest BCUT2D eigenvalue weighted by molar-refractivity contribution is 0.227. The number of unbranched alkanes of at least 4 members (excludes halogenated alkanes) is 5. The third-order valence-corrected chi connectivity index (χ3v) is 10.8. The zero-order chi connectivity index (χ0) is 21.9. The van der Waals surface area contributed by atoms with E-state index in [1.54, 1.807) is 0 Å². The summed E-state index contributed by atoms with van der Waals surface area (Å²) >= 11 is 0. The summed E-state index contributed by atoms with van der Waals surface area (Å²) in [5.74, 6) is 0. The van der Waals surface area contributed by atoms with E-state index in [1.165, 1.54) is 53.3 Å². The van der Waals surface area contributed by atoms with Crippen LogP contribution in [0.25, 0.3) is 0 Å². The Hall–Kier alpha value is -2.08. The van der Waals surface area contributed by atoms with Gasteiger partial charge in [0.2, 0.25) is 0 Å². The minimum absolute atomic E-state index is 0.403. The van der Waals surface area contributed by atoms with Gasteiger partial charge in [-0.25, -0.2) is 0 Å². The molecule has 0 aliphatic carbocycles. The quantitative estimate of drug-likeness (QED) is 0.279. The Morgan fingerprint density at radius 3 is 1.45 bits per heavy atom. The van der Waals surface area contributed by atoms with E-state index in [1.807, 2.05) is 0 Å². The molecule has 164 valence electrons. The van der Waals surface area contributed by atoms with Crippen molar-refractivity contribution in [1.82, 2.24) is 0 Å². The number of aliphatic hydroxyl groups is 1. The molecular weight excluding hydrogens is 395 g/mol. The fourth-order valence-electron chi connectivity index (χ4n) is 4.56. The number of rotatable bonds is 11. The van der Waals surface area contributed by atoms with Crippen molar-refractivity contribution >= 4 is 28.1 Å². The van der Waals surface area contributed by atoms with Crippen LogP contribution in [-0.2, 0) is 0 Å². The van der Waals surface area contributed by atoms with Crippen LogP contribution in [0.3, 0.4) is 0 Å². The molecule has 0 spiro atoms. The second kappa shape index (κ2) is 12.1. The summed E-state index contributed by atoms with van der Waals surface area (Å²) in [6.07, 6.45) is 7.90. The predicted molar refractivity (Wildman–Crippen MR) is 140 cm³/mol. The van der Waals surface area contributed by atoms with Crippen molar-refractivity contribution in [2.75, 3.05) is 0 Å². The summed E-state index contributed by atoms with van der Waals surface area (Å²) < 4.78 is 0. The summed E-state index contributed by atoms with van der Waals surface area (Å²) in [6, 6.07) is 32.5. The minimum atomic E-state index is -2.10. The molecule has 1 unspecified atom stereocenters. The monoisotopic (exact) mass is 432 g/mol. The van der Waals surface area contributed by atoms with Gasteiger partial charge in [0.25, 0.3) is 0 Å². The third kappa shape index (κ3) is 5.59. The highest BCUT2D eigenvalue weighted by molar-refractivity contribution is 7.95. The third-order valence-electron chi connectivity index (χ3n) is 6.27. The molecule has 0 amide bonds. The summed E-state index contributed by atoms with van der Waals surface area (Å²) in [7, 11) is 0. The normalized spacial score (nSPS) is 12.5. The molecule has 0 heterocycles. The average molecular weight is 433 g/mol. The Morgan fingerprint density at radius 2 is 1.03 bits per heavy atom. The van der Waals surface area contributed by atoms with Gasteiger partial charge in [-0.3, -0.25) is 0 Å². The van der Waals surface area contributed by atoms with Gasteiger partial charge in [0.15, 0.2) is 0 Å². The molecule has 3 rings (SSSR count). The van der Waals surface area contributed by atoms with E-state index >= 15 is 0 Å². The average Bonchev–Trinajstić information content (AvgIpc) is 2.83. The standard InChI is InChI=1S/C29H37OP/c1-3-4-5-6-7-17-24-29(30)25(2)31(26-18-11-8-12-19-26,27-20-13-9-14-21-27)28-22-15-10-16-23-28/h8-16,18-23,29-30H,3-7,17,24H2,1-2H3. The van der Waals surface area contributed by atoms with Gasteiger partial charge in [0.1, 0.15) is 0 Å². The molecule has 0 aliphatic rings. The highest BCUT2D eigenvalue weighted by Gasteiger charge is 2.30. The van der Waals surface area contributed by atoms with Crippen molar-refractivity contribution in [2.24, 2.45) is 0 Å². The van der Waals surface area contributed by atoms with Gasteiger partial charge in [-0.15, -0.1) is 0 Å². The first-order valence-corrected chi connectivity index (χ1v) is 13.6. The maximum absolute atomic E-state index is 11.4. The van der Waals surface area contributed by atoms with Gasteiger partial charge in [-0.05, 0) is 41.4 Å². The minimum Gasteiger partial charge on any atom is -0.389 e. The fraction of sp³-hybridized carbons (Fsp3) is 0.345. The maximum atomic E-state index is 11.4. The summed E-state index contributed by atoms with van der Waals surface area (Å²) in [6.45, 7) is 2.35. The van der Waals surface area contributed by atoms with Crippen molar-refractivity contribution in [3.8, 4) is 0 Å². The molecule has 1 atom stereocenters. The summed E-state index contributed by atoms with van der Waals surface area (Å²) in [5.41, 5.74) is 0. The lowest BCUT2D eigenvalue weighted by Gasteiger charge is -2.33. The first-order chi connectivity index (χ1) is 15.2. The first kappa shape index (κ1) is 23.6. The van der Waals surface area contributed by atoms with E-state index < -0.39 is 13.0 Å². The lowest BCUT2D eigenvalue weighted by Crippen LogP contribution is -2.34. The SMILES string of the molecule is CCCCCCCCC(O)C(C)=P(c1ccccc1)(c1ccccc1)c1ccccc1. The molecule has 31 heavy (non-hydrogen) atoms. The highest BCUT2D eigenvalue weighted by Crippen LogP contribution is 2.47. The van der Waals surface area contributed by atoms with E-state index in [2.05, 4.69) is 105 Å². The number of aliphatic hydroxyl groups excluding tert-OH is 1. The van der Waals surface area contributed by atoms with Gasteiger partial charge < -0.3 is 5.11 Å². The highest BCUT2D eigenvalue weighted by atomic mass is 31.2. The van der Waals surface area contributed by atoms with E-state index in [9.17, 15) is 5.11 Å². The Morgan fingerprint density at radius 1 is 0.645 bits per heavy atom. The van der Waals surface area contributed by atoms with Gasteiger partial charge in [0, 0.05) is 0 Å². The smallest absolute Gasteiger partial charge is 0.0760 e. The maximum Gasteiger partial charge on any atom is 0.0760 e. The number of benzene rings is 3. The molecule has 0 saturated heterocycles. The molecule has 3 aromatic carbocycles. The second-order valence-corrected chi connectivity index (χ2v) is 12.0. The zero-order valence-corrected chi connectivity index (χ0v) is 20.0. The molecule has 0 aromatic heterocycles. The lowest BCUT2D eigenvalue weighted by atomic mass is 10.1. The zero-order valence-electron chi connectivity index (χ0n) is 19.1. The van der Waals surface area contributed by atoms with Gasteiger partial charge in [-0.1, -0.05) is 136 Å². The fourth-order valence-corrected chi connectivity index (χ4v) is 9.11. The van der Waals surface area contributed by atoms with Gasteiger partial charge >= 0.3 is 0 Å². The molecule has 0 radical (unpaired) electrons.